The first-order valence-corrected chi connectivity index (χ1v) is 10.2. The van der Waals surface area contributed by atoms with Gasteiger partial charge >= 0.3 is 0 Å². The summed E-state index contributed by atoms with van der Waals surface area (Å²) in [5.41, 5.74) is 3.09. The van der Waals surface area contributed by atoms with Crippen molar-refractivity contribution in [1.82, 2.24) is 19.2 Å². The number of aromatic nitrogens is 2. The van der Waals surface area contributed by atoms with Crippen molar-refractivity contribution >= 4 is 27.0 Å². The minimum absolute atomic E-state index is 0.0981. The highest BCUT2D eigenvalue weighted by Crippen LogP contribution is 2.20. The zero-order valence-corrected chi connectivity index (χ0v) is 15.7. The zero-order chi connectivity index (χ0) is 19.0. The van der Waals surface area contributed by atoms with Gasteiger partial charge in [-0.3, -0.25) is 4.79 Å². The van der Waals surface area contributed by atoms with E-state index in [0.717, 1.165) is 16.6 Å². The number of nitrogens with zero attached hydrogens (tertiary/aromatic N) is 3. The molecule has 4 rings (SSSR count). The molecule has 1 aromatic heterocycles. The van der Waals surface area contributed by atoms with Crippen LogP contribution >= 0.6 is 0 Å². The van der Waals surface area contributed by atoms with E-state index < -0.39 is 10.0 Å². The van der Waals surface area contributed by atoms with Gasteiger partial charge in [-0.15, -0.1) is 0 Å². The zero-order valence-electron chi connectivity index (χ0n) is 14.9. The van der Waals surface area contributed by atoms with Crippen LogP contribution in [0.1, 0.15) is 15.9 Å². The van der Waals surface area contributed by atoms with E-state index >= 15 is 0 Å². The van der Waals surface area contributed by atoms with Gasteiger partial charge in [-0.05, 0) is 42.8 Å². The van der Waals surface area contributed by atoms with E-state index in [1.54, 1.807) is 47.6 Å². The highest BCUT2D eigenvalue weighted by molar-refractivity contribution is 7.89. The molecule has 2 heterocycles. The van der Waals surface area contributed by atoms with Gasteiger partial charge in [0.15, 0.2) is 0 Å². The van der Waals surface area contributed by atoms with Gasteiger partial charge < -0.3 is 9.88 Å². The Morgan fingerprint density at radius 3 is 2.59 bits per heavy atom. The highest BCUT2D eigenvalue weighted by atomic mass is 32.2. The Bertz CT molecular complexity index is 1100. The van der Waals surface area contributed by atoms with Crippen LogP contribution in [0.25, 0.3) is 11.0 Å². The van der Waals surface area contributed by atoms with E-state index in [0.29, 0.717) is 23.5 Å². The Morgan fingerprint density at radius 1 is 1.07 bits per heavy atom. The summed E-state index contributed by atoms with van der Waals surface area (Å²) in [7, 11) is -3.54. The lowest BCUT2D eigenvalue weighted by Gasteiger charge is -2.34. The third kappa shape index (κ3) is 3.33. The molecule has 0 atom stereocenters. The summed E-state index contributed by atoms with van der Waals surface area (Å²) < 4.78 is 27.1. The third-order valence-electron chi connectivity index (χ3n) is 4.82. The minimum Gasteiger partial charge on any atom is -0.345 e. The van der Waals surface area contributed by atoms with Crippen LogP contribution in [-0.2, 0) is 10.0 Å². The summed E-state index contributed by atoms with van der Waals surface area (Å²) in [4.78, 5) is 21.9. The van der Waals surface area contributed by atoms with Crippen LogP contribution < -0.4 is 0 Å². The number of hydrogen-bond acceptors (Lipinski definition) is 4. The lowest BCUT2D eigenvalue weighted by molar-refractivity contribution is 0.0698. The molecule has 1 saturated heterocycles. The normalized spacial score (nSPS) is 16.0. The summed E-state index contributed by atoms with van der Waals surface area (Å²) >= 11 is 0. The molecule has 1 aliphatic rings. The van der Waals surface area contributed by atoms with Gasteiger partial charge in [0.25, 0.3) is 5.91 Å². The molecular formula is C19H20N4O3S. The predicted octanol–water partition coefficient (Wildman–Crippen LogP) is 2.02. The SMILES string of the molecule is Cc1cccc(S(=O)(=O)N2CCN(C(=O)c3ccc4nc[nH]c4c3)CC2)c1. The number of rotatable bonds is 3. The first kappa shape index (κ1) is 17.7. The van der Waals surface area contributed by atoms with Gasteiger partial charge in [-0.2, -0.15) is 4.31 Å². The van der Waals surface area contributed by atoms with Gasteiger partial charge in [0, 0.05) is 31.7 Å². The number of carbonyl (C=O) groups is 1. The fourth-order valence-corrected chi connectivity index (χ4v) is 4.84. The van der Waals surface area contributed by atoms with Crippen LogP contribution in [0, 0.1) is 6.92 Å². The van der Waals surface area contributed by atoms with Crippen LogP contribution in [0.15, 0.2) is 53.7 Å². The number of aryl methyl sites for hydroxylation is 1. The number of carbonyl (C=O) groups excluding carboxylic acids is 1. The Morgan fingerprint density at radius 2 is 1.85 bits per heavy atom. The molecule has 1 fully saturated rings. The molecule has 7 nitrogen and oxygen atoms in total. The lowest BCUT2D eigenvalue weighted by atomic mass is 10.1. The molecule has 140 valence electrons. The molecule has 8 heteroatoms. The molecular weight excluding hydrogens is 364 g/mol. The Kier molecular flexibility index (Phi) is 4.45. The number of imidazole rings is 1. The van der Waals surface area contributed by atoms with Crippen molar-refractivity contribution in [2.24, 2.45) is 0 Å². The largest absolute Gasteiger partial charge is 0.345 e. The highest BCUT2D eigenvalue weighted by Gasteiger charge is 2.30. The van der Waals surface area contributed by atoms with Crippen molar-refractivity contribution in [1.29, 1.82) is 0 Å². The van der Waals surface area contributed by atoms with Crippen LogP contribution in [-0.4, -0.2) is 59.7 Å². The quantitative estimate of drug-likeness (QED) is 0.748. The standard InChI is InChI=1S/C19H20N4O3S/c1-14-3-2-4-16(11-14)27(25,26)23-9-7-22(8-10-23)19(24)15-5-6-17-18(12-15)21-13-20-17/h2-6,11-13H,7-10H2,1H3,(H,20,21). The lowest BCUT2D eigenvalue weighted by Crippen LogP contribution is -2.50. The summed E-state index contributed by atoms with van der Waals surface area (Å²) in [6.07, 6.45) is 1.59. The molecule has 0 bridgehead atoms. The van der Waals surface area contributed by atoms with E-state index in [-0.39, 0.29) is 19.0 Å². The predicted molar refractivity (Wildman–Crippen MR) is 102 cm³/mol. The monoisotopic (exact) mass is 384 g/mol. The van der Waals surface area contributed by atoms with Crippen LogP contribution in [0.2, 0.25) is 0 Å². The average Bonchev–Trinajstić information content (AvgIpc) is 3.15. The van der Waals surface area contributed by atoms with Crippen LogP contribution in [0.4, 0.5) is 0 Å². The molecule has 0 radical (unpaired) electrons. The molecule has 3 aromatic rings. The maximum atomic E-state index is 12.8. The first-order chi connectivity index (χ1) is 12.9. The van der Waals surface area contributed by atoms with Crippen molar-refractivity contribution < 1.29 is 13.2 Å². The van der Waals surface area contributed by atoms with Crippen molar-refractivity contribution in [3.8, 4) is 0 Å². The van der Waals surface area contributed by atoms with Gasteiger partial charge in [0.2, 0.25) is 10.0 Å². The second-order valence-corrected chi connectivity index (χ2v) is 8.59. The van der Waals surface area contributed by atoms with E-state index in [1.165, 1.54) is 4.31 Å². The number of piperazine rings is 1. The number of hydrogen-bond donors (Lipinski definition) is 1. The summed E-state index contributed by atoms with van der Waals surface area (Å²) in [5.74, 6) is -0.0981. The fourth-order valence-electron chi connectivity index (χ4n) is 3.31. The summed E-state index contributed by atoms with van der Waals surface area (Å²) in [5, 5.41) is 0. The second kappa shape index (κ2) is 6.79. The van der Waals surface area contributed by atoms with E-state index in [4.69, 9.17) is 0 Å². The Hall–Kier alpha value is -2.71. The van der Waals surface area contributed by atoms with Crippen molar-refractivity contribution in [3.05, 3.63) is 59.9 Å². The average molecular weight is 384 g/mol. The minimum atomic E-state index is -3.54. The van der Waals surface area contributed by atoms with E-state index in [2.05, 4.69) is 9.97 Å². The fraction of sp³-hybridized carbons (Fsp3) is 0.263. The molecule has 1 aliphatic heterocycles. The van der Waals surface area contributed by atoms with Gasteiger partial charge in [-0.1, -0.05) is 12.1 Å². The molecule has 0 unspecified atom stereocenters. The van der Waals surface area contributed by atoms with E-state index in [9.17, 15) is 13.2 Å². The van der Waals surface area contributed by atoms with Gasteiger partial charge in [0.1, 0.15) is 0 Å². The van der Waals surface area contributed by atoms with Crippen molar-refractivity contribution in [2.45, 2.75) is 11.8 Å². The molecule has 1 amide bonds. The smallest absolute Gasteiger partial charge is 0.254 e. The Labute approximate surface area is 157 Å². The second-order valence-electron chi connectivity index (χ2n) is 6.65. The maximum Gasteiger partial charge on any atom is 0.254 e. The molecule has 0 aliphatic carbocycles. The van der Waals surface area contributed by atoms with Crippen LogP contribution in [0.5, 0.6) is 0 Å². The summed E-state index contributed by atoms with van der Waals surface area (Å²) in [6.45, 7) is 3.17. The number of benzene rings is 2. The maximum absolute atomic E-state index is 12.8. The first-order valence-electron chi connectivity index (χ1n) is 8.74. The topological polar surface area (TPSA) is 86.4 Å². The number of aromatic amines is 1. The Balaban J connectivity index is 1.47. The molecule has 27 heavy (non-hydrogen) atoms. The number of sulfonamides is 1. The van der Waals surface area contributed by atoms with E-state index in [1.807, 2.05) is 13.0 Å². The van der Waals surface area contributed by atoms with Crippen molar-refractivity contribution in [3.63, 3.8) is 0 Å². The number of H-pyrrole nitrogens is 1. The molecule has 1 N–H and O–H groups in total. The number of fused-ring (bicyclic) bond motifs is 1. The molecule has 0 saturated carbocycles. The number of nitrogens with one attached hydrogen (secondary N) is 1. The number of amides is 1. The molecule has 0 spiro atoms. The van der Waals surface area contributed by atoms with Crippen LogP contribution in [0.3, 0.4) is 0 Å². The van der Waals surface area contributed by atoms with Gasteiger partial charge in [0.05, 0.1) is 22.3 Å². The molecule has 2 aromatic carbocycles. The summed E-state index contributed by atoms with van der Waals surface area (Å²) in [6, 6.07) is 12.2. The third-order valence-corrected chi connectivity index (χ3v) is 6.71. The van der Waals surface area contributed by atoms with Crippen molar-refractivity contribution in [2.75, 3.05) is 26.2 Å². The van der Waals surface area contributed by atoms with Gasteiger partial charge in [-0.25, -0.2) is 13.4 Å².